The van der Waals surface area contributed by atoms with E-state index in [1.807, 2.05) is 72.8 Å². The summed E-state index contributed by atoms with van der Waals surface area (Å²) in [5.41, 5.74) is 3.51. The number of aliphatic hydroxyl groups is 1. The lowest BCUT2D eigenvalue weighted by molar-refractivity contribution is -0.386. The van der Waals surface area contributed by atoms with Gasteiger partial charge in [-0.2, -0.15) is 0 Å². The van der Waals surface area contributed by atoms with Crippen LogP contribution in [0.1, 0.15) is 35.3 Å². The number of nitrogens with zero attached hydrogens (tertiary/aromatic N) is 2. The zero-order chi connectivity index (χ0) is 27.6. The smallest absolute Gasteiger partial charge is 0.311 e. The molecule has 4 rings (SSSR count). The number of benzene rings is 4. The Labute approximate surface area is 241 Å². The van der Waals surface area contributed by atoms with Gasteiger partial charge in [0.05, 0.1) is 18.1 Å². The summed E-state index contributed by atoms with van der Waals surface area (Å²) in [6.07, 6.45) is -0.149. The first-order valence-electron chi connectivity index (χ1n) is 13.0. The van der Waals surface area contributed by atoms with E-state index in [0.717, 1.165) is 28.9 Å². The van der Waals surface area contributed by atoms with E-state index in [1.165, 1.54) is 6.07 Å². The van der Waals surface area contributed by atoms with E-state index < -0.39 is 11.0 Å². The van der Waals surface area contributed by atoms with Crippen molar-refractivity contribution in [1.82, 2.24) is 4.90 Å². The molecule has 1 N–H and O–H groups in total. The fourth-order valence-corrected chi connectivity index (χ4v) is 4.52. The molecule has 4 aromatic carbocycles. The minimum absolute atomic E-state index is 0. The molecule has 0 radical (unpaired) electrons. The van der Waals surface area contributed by atoms with Gasteiger partial charge in [-0.15, -0.1) is 12.4 Å². The predicted molar refractivity (Wildman–Crippen MR) is 159 cm³/mol. The lowest BCUT2D eigenvalue weighted by Gasteiger charge is -2.31. The van der Waals surface area contributed by atoms with Gasteiger partial charge in [-0.3, -0.25) is 15.0 Å². The standard InChI is InChI=1S/C32H34N2O5.ClH/c1-24(19-25-13-16-29(38-2)17-14-25)33(21-26-9-5-3-6-10-26)22-31(35)28-15-18-32(30(20-28)34(36)37)39-23-27-11-7-4-8-12-27;/h3-18,20,24,31,35H,19,21-23H2,1-2H3;1H/t24-,31+;/m1./s1. The molecule has 0 aliphatic carbocycles. The van der Waals surface area contributed by atoms with Crippen LogP contribution in [0.15, 0.2) is 103 Å². The second-order valence-electron chi connectivity index (χ2n) is 9.59. The van der Waals surface area contributed by atoms with Crippen molar-refractivity contribution in [3.63, 3.8) is 0 Å². The van der Waals surface area contributed by atoms with E-state index in [0.29, 0.717) is 18.7 Å². The summed E-state index contributed by atoms with van der Waals surface area (Å²) in [5.74, 6) is 0.981. The van der Waals surface area contributed by atoms with Crippen molar-refractivity contribution in [3.05, 3.63) is 135 Å². The highest BCUT2D eigenvalue weighted by molar-refractivity contribution is 5.85. The van der Waals surface area contributed by atoms with Crippen molar-refractivity contribution >= 4 is 18.1 Å². The van der Waals surface area contributed by atoms with Gasteiger partial charge in [0.15, 0.2) is 5.75 Å². The van der Waals surface area contributed by atoms with Crippen molar-refractivity contribution in [1.29, 1.82) is 0 Å². The summed E-state index contributed by atoms with van der Waals surface area (Å²) in [6.45, 7) is 3.29. The number of methoxy groups -OCH3 is 1. The monoisotopic (exact) mass is 562 g/mol. The lowest BCUT2D eigenvalue weighted by Crippen LogP contribution is -2.37. The zero-order valence-corrected chi connectivity index (χ0v) is 23.5. The largest absolute Gasteiger partial charge is 0.497 e. The Morgan fingerprint density at radius 1 is 0.875 bits per heavy atom. The molecule has 0 saturated carbocycles. The van der Waals surface area contributed by atoms with E-state index >= 15 is 0 Å². The molecule has 40 heavy (non-hydrogen) atoms. The molecular weight excluding hydrogens is 528 g/mol. The van der Waals surface area contributed by atoms with Gasteiger partial charge in [-0.25, -0.2) is 0 Å². The number of nitro groups is 1. The molecule has 4 aromatic rings. The number of rotatable bonds is 13. The van der Waals surface area contributed by atoms with Crippen LogP contribution in [0.25, 0.3) is 0 Å². The van der Waals surface area contributed by atoms with Gasteiger partial charge in [-0.1, -0.05) is 78.9 Å². The fourth-order valence-electron chi connectivity index (χ4n) is 4.52. The third kappa shape index (κ3) is 8.55. The van der Waals surface area contributed by atoms with Gasteiger partial charge in [-0.05, 0) is 53.8 Å². The van der Waals surface area contributed by atoms with Crippen LogP contribution < -0.4 is 9.47 Å². The topological polar surface area (TPSA) is 85.1 Å². The molecule has 2 atom stereocenters. The second-order valence-corrected chi connectivity index (χ2v) is 9.59. The van der Waals surface area contributed by atoms with Crippen LogP contribution in [0, 0.1) is 10.1 Å². The molecule has 0 heterocycles. The van der Waals surface area contributed by atoms with E-state index in [1.54, 1.807) is 19.2 Å². The Balaban J connectivity index is 0.00000441. The summed E-state index contributed by atoms with van der Waals surface area (Å²) in [6, 6.07) is 32.3. The van der Waals surface area contributed by atoms with Gasteiger partial charge in [0.2, 0.25) is 0 Å². The van der Waals surface area contributed by atoms with Crippen molar-refractivity contribution in [2.75, 3.05) is 13.7 Å². The van der Waals surface area contributed by atoms with Gasteiger partial charge in [0, 0.05) is 25.2 Å². The van der Waals surface area contributed by atoms with Gasteiger partial charge in [0.1, 0.15) is 12.4 Å². The Bertz CT molecular complexity index is 1340. The summed E-state index contributed by atoms with van der Waals surface area (Å²) < 4.78 is 11.0. The number of nitro benzene ring substituents is 1. The molecule has 0 aliphatic rings. The average molecular weight is 563 g/mol. The molecule has 0 fully saturated rings. The first-order valence-corrected chi connectivity index (χ1v) is 13.0. The molecule has 0 spiro atoms. The van der Waals surface area contributed by atoms with Crippen molar-refractivity contribution in [2.24, 2.45) is 0 Å². The third-order valence-electron chi connectivity index (χ3n) is 6.75. The van der Waals surface area contributed by atoms with E-state index in [-0.39, 0.29) is 36.5 Å². The Morgan fingerprint density at radius 3 is 2.10 bits per heavy atom. The minimum Gasteiger partial charge on any atom is -0.497 e. The van der Waals surface area contributed by atoms with Crippen LogP contribution in [0.4, 0.5) is 5.69 Å². The van der Waals surface area contributed by atoms with Crippen LogP contribution in [-0.4, -0.2) is 34.6 Å². The third-order valence-corrected chi connectivity index (χ3v) is 6.75. The van der Waals surface area contributed by atoms with Crippen LogP contribution in [-0.2, 0) is 19.6 Å². The van der Waals surface area contributed by atoms with Crippen LogP contribution >= 0.6 is 12.4 Å². The predicted octanol–water partition coefficient (Wildman–Crippen LogP) is 6.77. The van der Waals surface area contributed by atoms with Crippen molar-refractivity contribution in [3.8, 4) is 11.5 Å². The normalized spacial score (nSPS) is 12.3. The Hall–Kier alpha value is -3.91. The summed E-state index contributed by atoms with van der Waals surface area (Å²) in [4.78, 5) is 13.6. The second kappa shape index (κ2) is 15.0. The quantitative estimate of drug-likeness (QED) is 0.143. The van der Waals surface area contributed by atoms with Crippen LogP contribution in [0.3, 0.4) is 0 Å². The number of aliphatic hydroxyl groups excluding tert-OH is 1. The Kier molecular flexibility index (Phi) is 11.5. The van der Waals surface area contributed by atoms with Crippen LogP contribution in [0.2, 0.25) is 0 Å². The fraction of sp³-hybridized carbons (Fsp3) is 0.250. The SMILES string of the molecule is COc1ccc(C[C@@H](C)N(Cc2ccccc2)C[C@H](O)c2ccc(OCc3ccccc3)c([N+](=O)[O-])c2)cc1.Cl. The molecule has 7 nitrogen and oxygen atoms in total. The summed E-state index contributed by atoms with van der Waals surface area (Å²) in [7, 11) is 1.65. The molecule has 0 aliphatic heterocycles. The molecule has 0 saturated heterocycles. The van der Waals surface area contributed by atoms with Gasteiger partial charge >= 0.3 is 5.69 Å². The van der Waals surface area contributed by atoms with Crippen LogP contribution in [0.5, 0.6) is 11.5 Å². The number of hydrogen-bond acceptors (Lipinski definition) is 6. The maximum absolute atomic E-state index is 11.9. The number of hydrogen-bond donors (Lipinski definition) is 1. The first-order chi connectivity index (χ1) is 18.9. The molecule has 0 aromatic heterocycles. The molecule has 0 bridgehead atoms. The summed E-state index contributed by atoms with van der Waals surface area (Å²) >= 11 is 0. The molecule has 0 unspecified atom stereocenters. The summed E-state index contributed by atoms with van der Waals surface area (Å²) in [5, 5.41) is 23.1. The zero-order valence-electron chi connectivity index (χ0n) is 22.7. The van der Waals surface area contributed by atoms with Crippen molar-refractivity contribution in [2.45, 2.75) is 38.6 Å². The van der Waals surface area contributed by atoms with Crippen molar-refractivity contribution < 1.29 is 19.5 Å². The molecule has 0 amide bonds. The van der Waals surface area contributed by atoms with Gasteiger partial charge < -0.3 is 14.6 Å². The van der Waals surface area contributed by atoms with E-state index in [4.69, 9.17) is 9.47 Å². The molecule has 210 valence electrons. The maximum Gasteiger partial charge on any atom is 0.311 e. The van der Waals surface area contributed by atoms with Gasteiger partial charge in [0.25, 0.3) is 0 Å². The average Bonchev–Trinajstić information content (AvgIpc) is 2.97. The Morgan fingerprint density at radius 2 is 1.50 bits per heavy atom. The number of halogens is 1. The minimum atomic E-state index is -0.922. The first kappa shape index (κ1) is 30.6. The number of ether oxygens (including phenoxy) is 2. The highest BCUT2D eigenvalue weighted by atomic mass is 35.5. The highest BCUT2D eigenvalue weighted by Crippen LogP contribution is 2.32. The van der Waals surface area contributed by atoms with E-state index in [2.05, 4.69) is 24.0 Å². The van der Waals surface area contributed by atoms with E-state index in [9.17, 15) is 15.2 Å². The maximum atomic E-state index is 11.9. The highest BCUT2D eigenvalue weighted by Gasteiger charge is 2.23. The lowest BCUT2D eigenvalue weighted by atomic mass is 10.0. The molecular formula is C32H35ClN2O5. The molecule has 8 heteroatoms.